The van der Waals surface area contributed by atoms with E-state index in [1.165, 1.54) is 0 Å². The second-order valence-electron chi connectivity index (χ2n) is 6.78. The Kier molecular flexibility index (Phi) is 5.40. The van der Waals surface area contributed by atoms with Gasteiger partial charge in [-0.1, -0.05) is 24.3 Å². The Bertz CT molecular complexity index is 796. The molecule has 1 aromatic rings. The molecule has 0 bridgehead atoms. The van der Waals surface area contributed by atoms with Crippen molar-refractivity contribution < 1.29 is 79.0 Å². The van der Waals surface area contributed by atoms with Gasteiger partial charge in [0.25, 0.3) is 0 Å². The van der Waals surface area contributed by atoms with Crippen LogP contribution in [0.3, 0.4) is 0 Å². The molecule has 33 heavy (non-hydrogen) atoms. The molecule has 0 fully saturated rings. The molecule has 18 heteroatoms. The molecule has 1 aliphatic carbocycles. The average Bonchev–Trinajstić information content (AvgIpc) is 2.78. The minimum atomic E-state index is -8.56. The molecule has 0 atom stereocenters. The zero-order valence-electron chi connectivity index (χ0n) is 14.6. The first-order chi connectivity index (χ1) is 14.2. The van der Waals surface area contributed by atoms with Gasteiger partial charge in [0.15, 0.2) is 0 Å². The molecule has 0 aliphatic heterocycles. The van der Waals surface area contributed by atoms with E-state index in [0.717, 1.165) is 0 Å². The molecule has 2 rings (SSSR count). The number of fused-ring (bicyclic) bond motifs is 1. The fourth-order valence-electron chi connectivity index (χ4n) is 4.62. The third-order valence-corrected chi connectivity index (χ3v) is 5.41. The van der Waals surface area contributed by atoms with Crippen LogP contribution in [0.1, 0.15) is 11.1 Å². The minimum Gasteiger partial charge on any atom is -0.170 e. The average molecular weight is 526 g/mol. The number of hydrogen-bond donors (Lipinski definition) is 0. The molecule has 0 heterocycles. The van der Waals surface area contributed by atoms with Crippen molar-refractivity contribution in [2.24, 2.45) is 5.41 Å². The summed E-state index contributed by atoms with van der Waals surface area (Å²) in [6, 6.07) is -2.18. The van der Waals surface area contributed by atoms with Gasteiger partial charge in [-0.15, -0.1) is 0 Å². The number of rotatable bonds is 0. The van der Waals surface area contributed by atoms with Crippen LogP contribution in [-0.2, 0) is 10.8 Å². The maximum atomic E-state index is 13.9. The zero-order valence-corrected chi connectivity index (χ0v) is 14.6. The van der Waals surface area contributed by atoms with E-state index in [2.05, 4.69) is 0 Å². The first-order valence-corrected chi connectivity index (χ1v) is 7.73. The summed E-state index contributed by atoms with van der Waals surface area (Å²) in [6.07, 6.45) is -49.0. The lowest BCUT2D eigenvalue weighted by atomic mass is 9.51. The molecule has 0 spiro atoms. The first-order valence-electron chi connectivity index (χ1n) is 7.73. The Morgan fingerprint density at radius 3 is 0.727 bits per heavy atom. The standard InChI is InChI=1S/C15H4F18/c16-10(17,18)7(11(19,20)21)5-3-1-2-4-6(5)8(12(22,23)24,13(25,26)27)9(7,14(28,29)30)15(31,32)33/h1-4H. The first kappa shape index (κ1) is 27.2. The second kappa shape index (κ2) is 6.55. The Labute approximate surface area is 169 Å². The highest BCUT2D eigenvalue weighted by Crippen LogP contribution is 2.85. The van der Waals surface area contributed by atoms with Gasteiger partial charge >= 0.3 is 37.1 Å². The Morgan fingerprint density at radius 1 is 0.364 bits per heavy atom. The van der Waals surface area contributed by atoms with Crippen molar-refractivity contribution in [2.75, 3.05) is 0 Å². The third-order valence-electron chi connectivity index (χ3n) is 5.41. The lowest BCUT2D eigenvalue weighted by molar-refractivity contribution is -0.493. The monoisotopic (exact) mass is 526 g/mol. The SMILES string of the molecule is FC(F)(F)C1(C(F)(F)F)c2ccccc2C(C(F)(F)F)(C(F)(F)F)C1(C(F)(F)F)C(F)(F)F. The lowest BCUT2D eigenvalue weighted by Crippen LogP contribution is -2.81. The van der Waals surface area contributed by atoms with Crippen molar-refractivity contribution in [3.63, 3.8) is 0 Å². The van der Waals surface area contributed by atoms with Gasteiger partial charge in [0.2, 0.25) is 16.2 Å². The van der Waals surface area contributed by atoms with Crippen LogP contribution >= 0.6 is 0 Å². The highest BCUT2D eigenvalue weighted by atomic mass is 19.4. The number of halogens is 18. The van der Waals surface area contributed by atoms with E-state index in [1.807, 2.05) is 0 Å². The molecule has 0 saturated carbocycles. The summed E-state index contributed by atoms with van der Waals surface area (Å²) < 4.78 is 249. The molecule has 0 radical (unpaired) electrons. The fraction of sp³-hybridized carbons (Fsp3) is 0.600. The molecule has 190 valence electrons. The minimum absolute atomic E-state index is 0.161. The Balaban J connectivity index is 3.66. The van der Waals surface area contributed by atoms with Gasteiger partial charge in [-0.25, -0.2) is 0 Å². The van der Waals surface area contributed by atoms with Gasteiger partial charge in [0.05, 0.1) is 0 Å². The third kappa shape index (κ3) is 2.71. The van der Waals surface area contributed by atoms with Crippen LogP contribution in [-0.4, -0.2) is 37.1 Å². The second-order valence-corrected chi connectivity index (χ2v) is 6.78. The molecule has 0 unspecified atom stereocenters. The van der Waals surface area contributed by atoms with Crippen LogP contribution < -0.4 is 0 Å². The van der Waals surface area contributed by atoms with E-state index in [4.69, 9.17) is 0 Å². The summed E-state index contributed by atoms with van der Waals surface area (Å²) in [5.41, 5.74) is -31.1. The van der Waals surface area contributed by atoms with E-state index in [0.29, 0.717) is 0 Å². The van der Waals surface area contributed by atoms with Gasteiger partial charge in [-0.05, 0) is 11.1 Å². The Hall–Kier alpha value is -2.04. The van der Waals surface area contributed by atoms with Crippen LogP contribution in [0, 0.1) is 5.41 Å². The quantitative estimate of drug-likeness (QED) is 0.307. The smallest absolute Gasteiger partial charge is 0.170 e. The molecule has 1 aromatic carbocycles. The predicted molar refractivity (Wildman–Crippen MR) is 68.6 cm³/mol. The fourth-order valence-corrected chi connectivity index (χ4v) is 4.62. The van der Waals surface area contributed by atoms with Crippen molar-refractivity contribution in [3.05, 3.63) is 35.4 Å². The number of alkyl halides is 18. The molecule has 0 amide bonds. The molecule has 0 nitrogen and oxygen atoms in total. The molecule has 1 aliphatic rings. The molecule has 0 N–H and O–H groups in total. The maximum absolute atomic E-state index is 13.9. The summed E-state index contributed by atoms with van der Waals surface area (Å²) in [6.45, 7) is 0. The lowest BCUT2D eigenvalue weighted by Gasteiger charge is -2.55. The van der Waals surface area contributed by atoms with E-state index < -0.39 is 76.6 Å². The van der Waals surface area contributed by atoms with Gasteiger partial charge in [0.1, 0.15) is 0 Å². The maximum Gasteiger partial charge on any atom is 0.408 e. The van der Waals surface area contributed by atoms with Crippen molar-refractivity contribution >= 4 is 0 Å². The normalized spacial score (nSPS) is 21.2. The van der Waals surface area contributed by atoms with Crippen molar-refractivity contribution in [2.45, 2.75) is 47.9 Å². The summed E-state index contributed by atoms with van der Waals surface area (Å²) >= 11 is 0. The summed E-state index contributed by atoms with van der Waals surface area (Å²) in [4.78, 5) is 0. The van der Waals surface area contributed by atoms with Gasteiger partial charge in [-0.3, -0.25) is 0 Å². The summed E-state index contributed by atoms with van der Waals surface area (Å²) in [5, 5.41) is 0. The van der Waals surface area contributed by atoms with Gasteiger partial charge in [0, 0.05) is 0 Å². The zero-order chi connectivity index (χ0) is 26.5. The topological polar surface area (TPSA) is 0 Å². The molecule has 0 saturated heterocycles. The summed E-state index contributed by atoms with van der Waals surface area (Å²) in [5.74, 6) is 0. The predicted octanol–water partition coefficient (Wildman–Crippen LogP) is 7.54. The van der Waals surface area contributed by atoms with Crippen LogP contribution in [0.2, 0.25) is 0 Å². The number of hydrogen-bond acceptors (Lipinski definition) is 0. The summed E-state index contributed by atoms with van der Waals surface area (Å²) in [7, 11) is 0. The molecular formula is C15H4F18. The van der Waals surface area contributed by atoms with Crippen LogP contribution in [0.25, 0.3) is 0 Å². The van der Waals surface area contributed by atoms with Crippen LogP contribution in [0.5, 0.6) is 0 Å². The van der Waals surface area contributed by atoms with Crippen molar-refractivity contribution in [1.29, 1.82) is 0 Å². The van der Waals surface area contributed by atoms with Crippen molar-refractivity contribution in [1.82, 2.24) is 0 Å². The van der Waals surface area contributed by atoms with E-state index in [1.54, 1.807) is 0 Å². The van der Waals surface area contributed by atoms with E-state index in [9.17, 15) is 79.0 Å². The van der Waals surface area contributed by atoms with Crippen LogP contribution in [0.4, 0.5) is 79.0 Å². The number of benzene rings is 1. The van der Waals surface area contributed by atoms with Gasteiger partial charge in [-0.2, -0.15) is 79.0 Å². The largest absolute Gasteiger partial charge is 0.408 e. The highest BCUT2D eigenvalue weighted by Gasteiger charge is 3.07. The molecule has 0 aromatic heterocycles. The Morgan fingerprint density at radius 2 is 0.576 bits per heavy atom. The van der Waals surface area contributed by atoms with Gasteiger partial charge < -0.3 is 0 Å². The van der Waals surface area contributed by atoms with E-state index in [-0.39, 0.29) is 12.1 Å². The molecular weight excluding hydrogens is 522 g/mol. The van der Waals surface area contributed by atoms with E-state index >= 15 is 0 Å². The van der Waals surface area contributed by atoms with Crippen LogP contribution in [0.15, 0.2) is 24.3 Å². The van der Waals surface area contributed by atoms with Crippen molar-refractivity contribution in [3.8, 4) is 0 Å². The highest BCUT2D eigenvalue weighted by molar-refractivity contribution is 5.58.